The number of amides is 1. The van der Waals surface area contributed by atoms with E-state index < -0.39 is 27.2 Å². The molecule has 3 rings (SSSR count). The van der Waals surface area contributed by atoms with Gasteiger partial charge in [0.2, 0.25) is 5.91 Å². The van der Waals surface area contributed by atoms with Gasteiger partial charge in [0, 0.05) is 31.2 Å². The highest BCUT2D eigenvalue weighted by molar-refractivity contribution is 7.90. The van der Waals surface area contributed by atoms with Crippen LogP contribution in [-0.2, 0) is 19.4 Å². The molecule has 152 valence electrons. The first-order valence-electron chi connectivity index (χ1n) is 8.67. The zero-order valence-electron chi connectivity index (χ0n) is 15.1. The van der Waals surface area contributed by atoms with Crippen LogP contribution < -0.4 is 10.9 Å². The molecule has 0 unspecified atom stereocenters. The Labute approximate surface area is 171 Å². The first kappa shape index (κ1) is 21.0. The summed E-state index contributed by atoms with van der Waals surface area (Å²) in [7, 11) is -3.70. The lowest BCUT2D eigenvalue weighted by Crippen LogP contribution is -2.31. The molecule has 0 spiro atoms. The van der Waals surface area contributed by atoms with Crippen molar-refractivity contribution in [2.45, 2.75) is 30.1 Å². The van der Waals surface area contributed by atoms with Crippen LogP contribution in [0.15, 0.2) is 28.2 Å². The summed E-state index contributed by atoms with van der Waals surface area (Å²) in [5, 5.41) is 2.95. The minimum absolute atomic E-state index is 0.0448. The van der Waals surface area contributed by atoms with Gasteiger partial charge in [-0.15, -0.1) is 0 Å². The number of carbonyl (C=O) groups is 1. The van der Waals surface area contributed by atoms with Crippen molar-refractivity contribution in [3.05, 3.63) is 38.7 Å². The van der Waals surface area contributed by atoms with Gasteiger partial charge < -0.3 is 15.0 Å². The number of pyridine rings is 1. The lowest BCUT2D eigenvalue weighted by molar-refractivity contribution is -0.118. The second-order valence-electron chi connectivity index (χ2n) is 6.66. The maximum Gasteiger partial charge on any atom is 0.253 e. The molecule has 3 heterocycles. The van der Waals surface area contributed by atoms with Crippen LogP contribution in [0.25, 0.3) is 0 Å². The van der Waals surface area contributed by atoms with Gasteiger partial charge in [0.05, 0.1) is 17.0 Å². The second kappa shape index (κ2) is 8.73. The zero-order valence-corrected chi connectivity index (χ0v) is 17.5. The van der Waals surface area contributed by atoms with E-state index in [2.05, 4.69) is 15.3 Å². The molecule has 1 aliphatic heterocycles. The number of rotatable bonds is 6. The Bertz CT molecular complexity index is 1010. The molecule has 0 aromatic carbocycles. The first-order valence-corrected chi connectivity index (χ1v) is 11.8. The second-order valence-corrected chi connectivity index (χ2v) is 10.3. The van der Waals surface area contributed by atoms with Crippen LogP contribution in [0, 0.1) is 5.92 Å². The fraction of sp³-hybridized carbons (Fsp3) is 0.471. The van der Waals surface area contributed by atoms with Crippen LogP contribution >= 0.6 is 22.9 Å². The smallest absolute Gasteiger partial charge is 0.253 e. The minimum atomic E-state index is -3.70. The van der Waals surface area contributed by atoms with E-state index in [1.54, 1.807) is 0 Å². The molecule has 0 aliphatic carbocycles. The number of carbonyl (C=O) groups excluding carboxylic acids is 1. The van der Waals surface area contributed by atoms with Crippen molar-refractivity contribution >= 4 is 43.8 Å². The number of H-pyrrole nitrogens is 1. The van der Waals surface area contributed by atoms with Crippen molar-refractivity contribution < 1.29 is 17.9 Å². The molecular formula is C17H20ClN3O5S2. The van der Waals surface area contributed by atoms with Crippen molar-refractivity contribution in [3.63, 3.8) is 0 Å². The van der Waals surface area contributed by atoms with Gasteiger partial charge in [-0.25, -0.2) is 13.4 Å². The average Bonchev–Trinajstić information content (AvgIpc) is 3.04. The summed E-state index contributed by atoms with van der Waals surface area (Å²) < 4.78 is 30.3. The Morgan fingerprint density at radius 2 is 2.18 bits per heavy atom. The molecule has 2 N–H and O–H groups in total. The van der Waals surface area contributed by atoms with Crippen molar-refractivity contribution in [2.24, 2.45) is 5.92 Å². The van der Waals surface area contributed by atoms with Gasteiger partial charge in [0.15, 0.2) is 15.0 Å². The number of halogens is 1. The Hall–Kier alpha value is -1.75. The Morgan fingerprint density at radius 3 is 2.79 bits per heavy atom. The lowest BCUT2D eigenvalue weighted by Gasteiger charge is -2.26. The molecule has 11 heteroatoms. The molecule has 0 radical (unpaired) electrons. The summed E-state index contributed by atoms with van der Waals surface area (Å²) in [5.41, 5.74) is -0.635. The van der Waals surface area contributed by atoms with Gasteiger partial charge in [-0.05, 0) is 31.2 Å². The lowest BCUT2D eigenvalue weighted by atomic mass is 9.85. The van der Waals surface area contributed by atoms with E-state index in [4.69, 9.17) is 16.3 Å². The highest BCUT2D eigenvalue weighted by Gasteiger charge is 2.32. The van der Waals surface area contributed by atoms with Crippen molar-refractivity contribution in [2.75, 3.05) is 24.8 Å². The number of sulfone groups is 1. The number of thiazole rings is 1. The van der Waals surface area contributed by atoms with E-state index in [-0.39, 0.29) is 16.4 Å². The number of hydrogen-bond acceptors (Lipinski definition) is 7. The molecule has 8 nitrogen and oxygen atoms in total. The summed E-state index contributed by atoms with van der Waals surface area (Å²) in [5.74, 6) is -1.30. The Kier molecular flexibility index (Phi) is 6.54. The predicted octanol–water partition coefficient (Wildman–Crippen LogP) is 2.43. The molecule has 1 amide bonds. The van der Waals surface area contributed by atoms with Crippen molar-refractivity contribution in [3.8, 4) is 0 Å². The van der Waals surface area contributed by atoms with E-state index in [9.17, 15) is 18.0 Å². The van der Waals surface area contributed by atoms with Crippen LogP contribution in [0.4, 0.5) is 5.13 Å². The van der Waals surface area contributed by atoms with E-state index >= 15 is 0 Å². The molecule has 0 bridgehead atoms. The molecule has 28 heavy (non-hydrogen) atoms. The van der Waals surface area contributed by atoms with Gasteiger partial charge in [0.1, 0.15) is 4.34 Å². The van der Waals surface area contributed by atoms with Crippen LogP contribution in [-0.4, -0.2) is 43.8 Å². The number of ether oxygens (including phenoxy) is 1. The minimum Gasteiger partial charge on any atom is -0.381 e. The van der Waals surface area contributed by atoms with Crippen LogP contribution in [0.2, 0.25) is 4.34 Å². The third-order valence-electron chi connectivity index (χ3n) is 4.64. The summed E-state index contributed by atoms with van der Waals surface area (Å²) in [6.07, 6.45) is 5.52. The number of nitrogens with one attached hydrogen (secondary N) is 2. The molecule has 1 atom stereocenters. The third-order valence-corrected chi connectivity index (χ3v) is 6.83. The van der Waals surface area contributed by atoms with Crippen molar-refractivity contribution in [1.29, 1.82) is 0 Å². The standard InChI is InChI=1S/C17H20ClN3O5S2/c1-28(24,25)12-2-5-19-16(23)14(12)11(8-10-3-6-26-7-4-10)15(22)21-17-20-9-13(18)27-17/h2,5,9-11H,3-4,6-8H2,1H3,(H,19,23)(H,20,21,22)/t11-/m0/s1. The first-order chi connectivity index (χ1) is 13.3. The summed E-state index contributed by atoms with van der Waals surface area (Å²) in [6, 6.07) is 1.32. The Morgan fingerprint density at radius 1 is 1.46 bits per heavy atom. The van der Waals surface area contributed by atoms with Crippen molar-refractivity contribution in [1.82, 2.24) is 9.97 Å². The SMILES string of the molecule is CS(=O)(=O)c1cc[nH]c(=O)c1[C@H](CC1CCOCC1)C(=O)Nc1ncc(Cl)s1. The largest absolute Gasteiger partial charge is 0.381 e. The molecule has 2 aromatic heterocycles. The van der Waals surface area contributed by atoms with E-state index in [0.29, 0.717) is 29.1 Å². The third kappa shape index (κ3) is 4.99. The molecule has 1 saturated heterocycles. The number of aromatic amines is 1. The Balaban J connectivity index is 2.01. The van der Waals surface area contributed by atoms with Crippen LogP contribution in [0.1, 0.15) is 30.7 Å². The fourth-order valence-corrected chi connectivity index (χ4v) is 5.07. The summed E-state index contributed by atoms with van der Waals surface area (Å²) in [6.45, 7) is 1.15. The normalized spacial score (nSPS) is 16.6. The highest BCUT2D eigenvalue weighted by atomic mass is 35.5. The van der Waals surface area contributed by atoms with Gasteiger partial charge in [-0.3, -0.25) is 9.59 Å². The molecule has 1 fully saturated rings. The predicted molar refractivity (Wildman–Crippen MR) is 107 cm³/mol. The summed E-state index contributed by atoms with van der Waals surface area (Å²) in [4.78, 5) is 32.0. The number of nitrogens with zero attached hydrogens (tertiary/aromatic N) is 1. The van der Waals surface area contributed by atoms with Gasteiger partial charge >= 0.3 is 0 Å². The maximum absolute atomic E-state index is 13.1. The maximum atomic E-state index is 13.1. The average molecular weight is 446 g/mol. The number of hydrogen-bond donors (Lipinski definition) is 2. The zero-order chi connectivity index (χ0) is 20.3. The highest BCUT2D eigenvalue weighted by Crippen LogP contribution is 2.32. The van der Waals surface area contributed by atoms with Crippen LogP contribution in [0.5, 0.6) is 0 Å². The van der Waals surface area contributed by atoms with Gasteiger partial charge in [0.25, 0.3) is 5.56 Å². The molecular weight excluding hydrogens is 426 g/mol. The topological polar surface area (TPSA) is 118 Å². The molecule has 2 aromatic rings. The quantitative estimate of drug-likeness (QED) is 0.704. The fourth-order valence-electron chi connectivity index (χ4n) is 3.30. The number of aromatic nitrogens is 2. The van der Waals surface area contributed by atoms with Gasteiger partial charge in [-0.2, -0.15) is 0 Å². The van der Waals surface area contributed by atoms with Gasteiger partial charge in [-0.1, -0.05) is 22.9 Å². The van der Waals surface area contributed by atoms with E-state index in [1.165, 1.54) is 18.5 Å². The summed E-state index contributed by atoms with van der Waals surface area (Å²) >= 11 is 6.95. The number of anilines is 1. The van der Waals surface area contributed by atoms with E-state index in [1.807, 2.05) is 0 Å². The molecule has 1 aliphatic rings. The van der Waals surface area contributed by atoms with Crippen LogP contribution in [0.3, 0.4) is 0 Å². The monoisotopic (exact) mass is 445 g/mol. The molecule has 0 saturated carbocycles. The van der Waals surface area contributed by atoms with E-state index in [0.717, 1.165) is 30.4 Å².